The summed E-state index contributed by atoms with van der Waals surface area (Å²) < 4.78 is 0. The van der Waals surface area contributed by atoms with Gasteiger partial charge in [-0.3, -0.25) is 0 Å². The second-order valence-corrected chi connectivity index (χ2v) is 4.24. The monoisotopic (exact) mass is 304 g/mol. The molecular weight excluding hydrogens is 272 g/mol. The molecule has 0 aliphatic rings. The van der Waals surface area contributed by atoms with Crippen molar-refractivity contribution >= 4 is 0 Å². The van der Waals surface area contributed by atoms with Crippen LogP contribution < -0.4 is 28.1 Å². The zero-order chi connectivity index (χ0) is 15.4. The Bertz CT molecular complexity index is 173. The summed E-state index contributed by atoms with van der Waals surface area (Å²) in [6.45, 7) is 22.1. The van der Waals surface area contributed by atoms with Crippen LogP contribution in [0.25, 0.3) is 0 Å². The number of quaternary nitrogens is 2. The fraction of sp³-hybridized carbons (Fsp3) is 0.500. The summed E-state index contributed by atoms with van der Waals surface area (Å²) in [6.07, 6.45) is 7.51. The molecular formula is C16H33ClN2O. The van der Waals surface area contributed by atoms with E-state index < -0.39 is 0 Å². The third-order valence-corrected chi connectivity index (χ3v) is 1.67. The first-order valence-corrected chi connectivity index (χ1v) is 6.75. The third-order valence-electron chi connectivity index (χ3n) is 1.67. The summed E-state index contributed by atoms with van der Waals surface area (Å²) in [4.78, 5) is 0. The molecule has 0 atom stereocenters. The van der Waals surface area contributed by atoms with E-state index in [0.29, 0.717) is 5.92 Å². The highest BCUT2D eigenvalue weighted by Crippen LogP contribution is 1.80. The summed E-state index contributed by atoms with van der Waals surface area (Å²) in [6, 6.07) is 0. The van der Waals surface area contributed by atoms with Gasteiger partial charge in [0.15, 0.2) is 0 Å². The van der Waals surface area contributed by atoms with Crippen LogP contribution in [0.4, 0.5) is 0 Å². The lowest BCUT2D eigenvalue weighted by atomic mass is 10.2. The lowest BCUT2D eigenvalue weighted by Crippen LogP contribution is -3.00. The van der Waals surface area contributed by atoms with Gasteiger partial charge in [0.2, 0.25) is 0 Å². The molecule has 0 saturated carbocycles. The molecule has 0 aromatic carbocycles. The fourth-order valence-corrected chi connectivity index (χ4v) is 0.664. The van der Waals surface area contributed by atoms with Crippen LogP contribution in [0, 0.1) is 5.92 Å². The predicted molar refractivity (Wildman–Crippen MR) is 83.8 cm³/mol. The minimum absolute atomic E-state index is 0. The maximum Gasteiger partial charge on any atom is 0.0942 e. The zero-order valence-electron chi connectivity index (χ0n) is 13.2. The van der Waals surface area contributed by atoms with Crippen LogP contribution in [0.2, 0.25) is 0 Å². The molecule has 0 aliphatic heterocycles. The maximum absolute atomic E-state index is 9.63. The van der Waals surface area contributed by atoms with Gasteiger partial charge < -0.3 is 28.1 Å². The van der Waals surface area contributed by atoms with Gasteiger partial charge in [-0.2, -0.15) is 0 Å². The summed E-state index contributed by atoms with van der Waals surface area (Å²) >= 11 is 0. The Kier molecular flexibility index (Phi) is 42.4. The van der Waals surface area contributed by atoms with Gasteiger partial charge in [-0.05, 0) is 24.3 Å². The van der Waals surface area contributed by atoms with E-state index in [-0.39, 0.29) is 19.0 Å². The predicted octanol–water partition coefficient (Wildman–Crippen LogP) is -3.15. The van der Waals surface area contributed by atoms with Gasteiger partial charge in [0.1, 0.15) is 0 Å². The van der Waals surface area contributed by atoms with E-state index in [2.05, 4.69) is 36.9 Å². The summed E-state index contributed by atoms with van der Waals surface area (Å²) in [5, 5.41) is 13.9. The molecule has 0 unspecified atom stereocenters. The largest absolute Gasteiger partial charge is 1.00 e. The van der Waals surface area contributed by atoms with Crippen molar-refractivity contribution in [1.82, 2.24) is 0 Å². The zero-order valence-corrected chi connectivity index (χ0v) is 13.9. The van der Waals surface area contributed by atoms with E-state index in [4.69, 9.17) is 0 Å². The van der Waals surface area contributed by atoms with Gasteiger partial charge >= 0.3 is 0 Å². The first-order chi connectivity index (χ1) is 9.10. The molecule has 0 aliphatic carbocycles. The van der Waals surface area contributed by atoms with Crippen molar-refractivity contribution in [3.05, 3.63) is 50.6 Å². The Hall–Kier alpha value is -0.870. The molecule has 20 heavy (non-hydrogen) atoms. The number of rotatable bonds is 9. The third kappa shape index (κ3) is 53.5. The molecule has 0 saturated heterocycles. The van der Waals surface area contributed by atoms with Crippen LogP contribution in [0.5, 0.6) is 0 Å². The molecule has 3 nitrogen and oxygen atoms in total. The van der Waals surface area contributed by atoms with Crippen LogP contribution in [0.3, 0.4) is 0 Å². The van der Waals surface area contributed by atoms with E-state index in [9.17, 15) is 5.11 Å². The van der Waals surface area contributed by atoms with Gasteiger partial charge in [0.25, 0.3) is 0 Å². The summed E-state index contributed by atoms with van der Waals surface area (Å²) in [7, 11) is 0. The Balaban J connectivity index is -0.0000000952. The molecule has 0 heterocycles. The van der Waals surface area contributed by atoms with Crippen LogP contribution in [-0.4, -0.2) is 32.8 Å². The molecule has 4 heteroatoms. The van der Waals surface area contributed by atoms with Gasteiger partial charge in [-0.25, -0.2) is 0 Å². The minimum atomic E-state index is 0. The number of hydrogen-bond donors (Lipinski definition) is 2. The lowest BCUT2D eigenvalue weighted by molar-refractivity contribution is -0.637. The first kappa shape index (κ1) is 27.5. The van der Waals surface area contributed by atoms with E-state index in [0.717, 1.165) is 26.2 Å². The van der Waals surface area contributed by atoms with Crippen LogP contribution in [0.1, 0.15) is 13.8 Å². The molecule has 0 amide bonds. The topological polar surface area (TPSA) is 56.3 Å². The Morgan fingerprint density at radius 2 is 1.00 bits per heavy atom. The highest BCUT2D eigenvalue weighted by molar-refractivity contribution is 4.65. The molecule has 0 fully saturated rings. The van der Waals surface area contributed by atoms with Crippen LogP contribution in [-0.2, 0) is 0 Å². The Morgan fingerprint density at radius 1 is 0.800 bits per heavy atom. The smallest absolute Gasteiger partial charge is 0.0942 e. The number of halogens is 1. The quantitative estimate of drug-likeness (QED) is 0.343. The van der Waals surface area contributed by atoms with Crippen molar-refractivity contribution in [1.29, 1.82) is 0 Å². The number of nitrogens with two attached hydrogens (primary N) is 2. The molecule has 0 aromatic heterocycles. The molecule has 0 spiro atoms. The molecule has 4 N–H and O–H groups in total. The molecule has 0 aromatic rings. The molecule has 120 valence electrons. The van der Waals surface area contributed by atoms with Crippen molar-refractivity contribution in [2.24, 2.45) is 5.92 Å². The van der Waals surface area contributed by atoms with E-state index in [1.807, 2.05) is 38.2 Å². The van der Waals surface area contributed by atoms with Gasteiger partial charge in [-0.15, -0.1) is 6.61 Å². The van der Waals surface area contributed by atoms with Gasteiger partial charge in [0, 0.05) is 0 Å². The van der Waals surface area contributed by atoms with Gasteiger partial charge in [0.05, 0.1) is 26.2 Å². The second-order valence-electron chi connectivity index (χ2n) is 4.24. The minimum Gasteiger partial charge on any atom is -1.00 e. The van der Waals surface area contributed by atoms with Crippen LogP contribution >= 0.6 is 0 Å². The van der Waals surface area contributed by atoms with Gasteiger partial charge in [-0.1, -0.05) is 46.1 Å². The van der Waals surface area contributed by atoms with Crippen molar-refractivity contribution in [2.45, 2.75) is 13.8 Å². The van der Waals surface area contributed by atoms with E-state index in [1.165, 1.54) is 0 Å². The highest BCUT2D eigenvalue weighted by Gasteiger charge is 1.74. The number of hydrogen-bond acceptors (Lipinski definition) is 1. The second kappa shape index (κ2) is 30.9. The standard InChI is InChI=1S/2C6H11N.C4H9O.ClH/c2*1-3-5-7-6-4-2;1-4(2)3-5;/h2*3-4,7H,1-2,5-6H2;4H,3H2,1-2H3;1H/q;;-1;/p+1. The maximum atomic E-state index is 9.63. The first-order valence-electron chi connectivity index (χ1n) is 6.75. The van der Waals surface area contributed by atoms with Crippen molar-refractivity contribution in [2.75, 3.05) is 32.8 Å². The lowest BCUT2D eigenvalue weighted by Gasteiger charge is -2.03. The van der Waals surface area contributed by atoms with E-state index >= 15 is 0 Å². The average Bonchev–Trinajstić information content (AvgIpc) is 2.41. The summed E-state index contributed by atoms with van der Waals surface area (Å²) in [5.41, 5.74) is 0. The molecule has 0 radical (unpaired) electrons. The van der Waals surface area contributed by atoms with Crippen molar-refractivity contribution < 1.29 is 28.1 Å². The molecule has 0 bridgehead atoms. The van der Waals surface area contributed by atoms with Crippen molar-refractivity contribution in [3.63, 3.8) is 0 Å². The van der Waals surface area contributed by atoms with Crippen LogP contribution in [0.15, 0.2) is 50.6 Å². The fourth-order valence-electron chi connectivity index (χ4n) is 0.664. The van der Waals surface area contributed by atoms with Crippen molar-refractivity contribution in [3.8, 4) is 0 Å². The average molecular weight is 305 g/mol. The highest BCUT2D eigenvalue weighted by atomic mass is 35.5. The Labute approximate surface area is 132 Å². The SMILES string of the molecule is C=CC[NH2+]CC=C.C=CC[NH2+]CC=C.CC(C)C[O-].[Cl-]. The normalized spacial score (nSPS) is 8.00. The van der Waals surface area contributed by atoms with E-state index in [1.54, 1.807) is 0 Å². The summed E-state index contributed by atoms with van der Waals surface area (Å²) in [5.74, 6) is 0.329. The molecule has 0 rings (SSSR count). The Morgan fingerprint density at radius 3 is 1.10 bits per heavy atom.